The first-order valence-electron chi connectivity index (χ1n) is 9.69. The predicted molar refractivity (Wildman–Crippen MR) is 106 cm³/mol. The minimum atomic E-state index is -0.165. The van der Waals surface area contributed by atoms with Crippen LogP contribution in [0.25, 0.3) is 0 Å². The first-order valence-corrected chi connectivity index (χ1v) is 9.69. The molecule has 1 aliphatic rings. The number of benzene rings is 1. The van der Waals surface area contributed by atoms with Crippen molar-refractivity contribution in [2.75, 3.05) is 31.5 Å². The molecule has 2 rings (SSSR count). The number of aromatic hydroxyl groups is 1. The molecule has 1 aromatic rings. The summed E-state index contributed by atoms with van der Waals surface area (Å²) in [6.07, 6.45) is 3.63. The first-order chi connectivity index (χ1) is 12.6. The number of amides is 1. The number of nitrogens with one attached hydrogen (secondary N) is 2. The number of phenolic OH excluding ortho intramolecular Hbond substituents is 1. The number of hydrogen-bond acceptors (Lipinski definition) is 3. The fraction of sp³-hybridized carbons (Fsp3) is 0.600. The average Bonchev–Trinajstić information content (AvgIpc) is 3.11. The molecule has 0 radical (unpaired) electrons. The summed E-state index contributed by atoms with van der Waals surface area (Å²) in [5.74, 6) is 2.31. The van der Waals surface area contributed by atoms with E-state index >= 15 is 0 Å². The Labute approximate surface area is 156 Å². The molecule has 26 heavy (non-hydrogen) atoms. The van der Waals surface area contributed by atoms with E-state index in [0.29, 0.717) is 11.6 Å². The third-order valence-corrected chi connectivity index (χ3v) is 5.10. The Bertz CT molecular complexity index is 596. The number of nitrogens with zero attached hydrogens (tertiary/aromatic N) is 2. The van der Waals surface area contributed by atoms with Crippen molar-refractivity contribution in [2.24, 2.45) is 16.8 Å². The molecule has 6 nitrogen and oxygen atoms in total. The molecule has 1 aromatic carbocycles. The highest BCUT2D eigenvalue weighted by molar-refractivity contribution is 5.94. The quantitative estimate of drug-likeness (QED) is 0.397. The molecular formula is C20H32N4O2. The summed E-state index contributed by atoms with van der Waals surface area (Å²) in [5.41, 5.74) is 0.656. The molecule has 144 valence electrons. The second kappa shape index (κ2) is 10.0. The zero-order valence-corrected chi connectivity index (χ0v) is 16.2. The van der Waals surface area contributed by atoms with E-state index in [2.05, 4.69) is 34.4 Å². The van der Waals surface area contributed by atoms with Crippen LogP contribution < -0.4 is 10.6 Å². The van der Waals surface area contributed by atoms with Gasteiger partial charge in [-0.2, -0.15) is 0 Å². The number of carbonyl (C=O) groups excluding carboxylic acids is 1. The molecule has 0 aliphatic carbocycles. The van der Waals surface area contributed by atoms with Gasteiger partial charge < -0.3 is 20.6 Å². The predicted octanol–water partition coefficient (Wildman–Crippen LogP) is 3.05. The average molecular weight is 361 g/mol. The highest BCUT2D eigenvalue weighted by atomic mass is 16.3. The van der Waals surface area contributed by atoms with Gasteiger partial charge in [0.1, 0.15) is 12.3 Å². The summed E-state index contributed by atoms with van der Waals surface area (Å²) in [7, 11) is 0. The second-order valence-corrected chi connectivity index (χ2v) is 6.84. The molecule has 0 saturated carbocycles. The fourth-order valence-electron chi connectivity index (χ4n) is 3.64. The molecular weight excluding hydrogens is 328 g/mol. The molecule has 1 fully saturated rings. The zero-order chi connectivity index (χ0) is 18.9. The Morgan fingerprint density at radius 1 is 1.27 bits per heavy atom. The molecule has 1 saturated heterocycles. The van der Waals surface area contributed by atoms with Crippen molar-refractivity contribution in [1.29, 1.82) is 0 Å². The van der Waals surface area contributed by atoms with Crippen LogP contribution in [0, 0.1) is 11.8 Å². The van der Waals surface area contributed by atoms with E-state index < -0.39 is 0 Å². The Balaban J connectivity index is 1.93. The molecule has 0 bridgehead atoms. The van der Waals surface area contributed by atoms with Crippen molar-refractivity contribution >= 4 is 17.6 Å². The van der Waals surface area contributed by atoms with E-state index in [4.69, 9.17) is 0 Å². The third kappa shape index (κ3) is 5.64. The largest absolute Gasteiger partial charge is 0.508 e. The van der Waals surface area contributed by atoms with Gasteiger partial charge in [0.05, 0.1) is 0 Å². The van der Waals surface area contributed by atoms with Gasteiger partial charge in [0.2, 0.25) is 5.91 Å². The van der Waals surface area contributed by atoms with E-state index in [-0.39, 0.29) is 18.2 Å². The molecule has 0 spiro atoms. The number of carbonyl (C=O) groups is 1. The molecule has 1 heterocycles. The number of hydrogen-bond donors (Lipinski definition) is 3. The number of phenols is 1. The van der Waals surface area contributed by atoms with Gasteiger partial charge in [-0.25, -0.2) is 4.99 Å². The molecule has 1 aliphatic heterocycles. The Morgan fingerprint density at radius 2 is 1.96 bits per heavy atom. The van der Waals surface area contributed by atoms with Crippen LogP contribution in [0.15, 0.2) is 29.3 Å². The van der Waals surface area contributed by atoms with Crippen LogP contribution in [0.3, 0.4) is 0 Å². The summed E-state index contributed by atoms with van der Waals surface area (Å²) in [6, 6.07) is 6.43. The van der Waals surface area contributed by atoms with E-state index in [9.17, 15) is 9.90 Å². The minimum absolute atomic E-state index is 0.0787. The normalized spacial score (nSPS) is 17.6. The van der Waals surface area contributed by atoms with E-state index in [0.717, 1.165) is 31.5 Å². The van der Waals surface area contributed by atoms with Crippen LogP contribution in [-0.4, -0.2) is 48.1 Å². The lowest BCUT2D eigenvalue weighted by Gasteiger charge is -2.24. The first kappa shape index (κ1) is 20.1. The Hall–Kier alpha value is -2.24. The van der Waals surface area contributed by atoms with Crippen molar-refractivity contribution in [3.05, 3.63) is 24.3 Å². The van der Waals surface area contributed by atoms with Crippen molar-refractivity contribution in [2.45, 2.75) is 40.0 Å². The summed E-state index contributed by atoms with van der Waals surface area (Å²) >= 11 is 0. The van der Waals surface area contributed by atoms with Gasteiger partial charge in [0, 0.05) is 25.3 Å². The maximum absolute atomic E-state index is 12.2. The summed E-state index contributed by atoms with van der Waals surface area (Å²) < 4.78 is 0. The number of aliphatic imine (C=N–C) groups is 1. The molecule has 1 amide bonds. The van der Waals surface area contributed by atoms with Crippen LogP contribution in [0.1, 0.15) is 40.0 Å². The number of likely N-dealkylation sites (tertiary alicyclic amines) is 1. The third-order valence-electron chi connectivity index (χ3n) is 5.10. The SMILES string of the molecule is CCNC(=NCC(=O)Nc1ccc(O)cc1)N1CCC(C(CC)CC)C1. The van der Waals surface area contributed by atoms with Gasteiger partial charge >= 0.3 is 0 Å². The van der Waals surface area contributed by atoms with Gasteiger partial charge in [-0.3, -0.25) is 4.79 Å². The van der Waals surface area contributed by atoms with E-state index in [1.54, 1.807) is 24.3 Å². The van der Waals surface area contributed by atoms with Crippen molar-refractivity contribution < 1.29 is 9.90 Å². The standard InChI is InChI=1S/C20H32N4O2/c1-4-15(5-2)16-11-12-24(14-16)20(21-6-3)22-13-19(26)23-17-7-9-18(25)10-8-17/h7-10,15-16,25H,4-6,11-14H2,1-3H3,(H,21,22)(H,23,26). The molecule has 1 unspecified atom stereocenters. The fourth-order valence-corrected chi connectivity index (χ4v) is 3.64. The Kier molecular flexibility index (Phi) is 7.75. The zero-order valence-electron chi connectivity index (χ0n) is 16.2. The maximum atomic E-state index is 12.2. The van der Waals surface area contributed by atoms with Gasteiger partial charge in [0.25, 0.3) is 0 Å². The van der Waals surface area contributed by atoms with Crippen molar-refractivity contribution in [3.8, 4) is 5.75 Å². The highest BCUT2D eigenvalue weighted by Crippen LogP contribution is 2.28. The lowest BCUT2D eigenvalue weighted by Crippen LogP contribution is -2.41. The Morgan fingerprint density at radius 3 is 2.58 bits per heavy atom. The highest BCUT2D eigenvalue weighted by Gasteiger charge is 2.29. The van der Waals surface area contributed by atoms with Crippen LogP contribution in [-0.2, 0) is 4.79 Å². The van der Waals surface area contributed by atoms with Crippen LogP contribution in [0.5, 0.6) is 5.75 Å². The second-order valence-electron chi connectivity index (χ2n) is 6.84. The van der Waals surface area contributed by atoms with Crippen molar-refractivity contribution in [1.82, 2.24) is 10.2 Å². The van der Waals surface area contributed by atoms with Gasteiger partial charge in [-0.15, -0.1) is 0 Å². The maximum Gasteiger partial charge on any atom is 0.246 e. The van der Waals surface area contributed by atoms with Crippen molar-refractivity contribution in [3.63, 3.8) is 0 Å². The van der Waals surface area contributed by atoms with Crippen LogP contribution in [0.2, 0.25) is 0 Å². The summed E-state index contributed by atoms with van der Waals surface area (Å²) in [5, 5.41) is 15.4. The number of guanidine groups is 1. The van der Waals surface area contributed by atoms with E-state index in [1.807, 2.05) is 6.92 Å². The number of anilines is 1. The topological polar surface area (TPSA) is 77.0 Å². The minimum Gasteiger partial charge on any atom is -0.508 e. The molecule has 1 atom stereocenters. The van der Waals surface area contributed by atoms with Gasteiger partial charge in [-0.1, -0.05) is 26.7 Å². The van der Waals surface area contributed by atoms with Gasteiger partial charge in [0.15, 0.2) is 5.96 Å². The smallest absolute Gasteiger partial charge is 0.246 e. The van der Waals surface area contributed by atoms with E-state index in [1.165, 1.54) is 19.3 Å². The number of rotatable bonds is 7. The van der Waals surface area contributed by atoms with Crippen LogP contribution >= 0.6 is 0 Å². The lowest BCUT2D eigenvalue weighted by atomic mass is 9.87. The molecule has 6 heteroatoms. The summed E-state index contributed by atoms with van der Waals surface area (Å²) in [4.78, 5) is 19.0. The monoisotopic (exact) mass is 360 g/mol. The molecule has 3 N–H and O–H groups in total. The van der Waals surface area contributed by atoms with Gasteiger partial charge in [-0.05, 0) is 49.4 Å². The summed E-state index contributed by atoms with van der Waals surface area (Å²) in [6.45, 7) is 9.44. The van der Waals surface area contributed by atoms with Crippen LogP contribution in [0.4, 0.5) is 5.69 Å². The molecule has 0 aromatic heterocycles. The lowest BCUT2D eigenvalue weighted by molar-refractivity contribution is -0.114.